The van der Waals surface area contributed by atoms with Crippen molar-refractivity contribution in [2.24, 2.45) is 0 Å². The highest BCUT2D eigenvalue weighted by Crippen LogP contribution is 2.38. The second-order valence-electron chi connectivity index (χ2n) is 4.12. The fraction of sp³-hybridized carbons (Fsp3) is 0.538. The quantitative estimate of drug-likeness (QED) is 0.771. The van der Waals surface area contributed by atoms with Crippen molar-refractivity contribution in [1.82, 2.24) is 5.32 Å². The molecule has 0 fully saturated rings. The van der Waals surface area contributed by atoms with Crippen molar-refractivity contribution >= 4 is 0 Å². The van der Waals surface area contributed by atoms with E-state index in [2.05, 4.69) is 43.4 Å². The van der Waals surface area contributed by atoms with Crippen molar-refractivity contribution in [3.63, 3.8) is 0 Å². The summed E-state index contributed by atoms with van der Waals surface area (Å²) in [5.41, 5.74) is 3.34. The minimum absolute atomic E-state index is 0.269. The third kappa shape index (κ3) is 1.36. The summed E-state index contributed by atoms with van der Waals surface area (Å²) in [7, 11) is 0. The molecule has 14 heavy (non-hydrogen) atoms. The van der Waals surface area contributed by atoms with Crippen LogP contribution in [0.15, 0.2) is 24.3 Å². The van der Waals surface area contributed by atoms with Crippen LogP contribution in [0.3, 0.4) is 0 Å². The topological polar surface area (TPSA) is 12.0 Å². The van der Waals surface area contributed by atoms with Crippen LogP contribution in [-0.4, -0.2) is 6.54 Å². The second-order valence-corrected chi connectivity index (χ2v) is 4.12. The molecule has 0 heterocycles. The summed E-state index contributed by atoms with van der Waals surface area (Å²) in [5, 5.41) is 3.66. The van der Waals surface area contributed by atoms with Crippen LogP contribution in [0.5, 0.6) is 0 Å². The van der Waals surface area contributed by atoms with E-state index in [-0.39, 0.29) is 5.54 Å². The first-order valence-corrected chi connectivity index (χ1v) is 5.66. The van der Waals surface area contributed by atoms with E-state index in [0.29, 0.717) is 0 Å². The highest BCUT2D eigenvalue weighted by Gasteiger charge is 2.35. The zero-order valence-corrected chi connectivity index (χ0v) is 9.14. The van der Waals surface area contributed by atoms with Crippen LogP contribution in [0, 0.1) is 0 Å². The molecular weight excluding hydrogens is 170 g/mol. The van der Waals surface area contributed by atoms with Gasteiger partial charge in [-0.05, 0) is 36.9 Å². The molecule has 1 unspecified atom stereocenters. The van der Waals surface area contributed by atoms with Crippen LogP contribution in [-0.2, 0) is 12.0 Å². The Bertz CT molecular complexity index is 315. The summed E-state index contributed by atoms with van der Waals surface area (Å²) in [6, 6.07) is 8.86. The van der Waals surface area contributed by atoms with E-state index < -0.39 is 0 Å². The van der Waals surface area contributed by atoms with Crippen LogP contribution in [0.25, 0.3) is 0 Å². The Morgan fingerprint density at radius 1 is 1.29 bits per heavy atom. The summed E-state index contributed by atoms with van der Waals surface area (Å²) in [5.74, 6) is 0. The maximum absolute atomic E-state index is 3.66. The fourth-order valence-electron chi connectivity index (χ4n) is 2.70. The molecule has 1 atom stereocenters. The second kappa shape index (κ2) is 3.74. The Kier molecular flexibility index (Phi) is 2.60. The Labute approximate surface area is 86.5 Å². The standard InChI is InChI=1S/C13H19N/c1-3-13(14-4-2)10-9-11-7-5-6-8-12(11)13/h5-8,14H,3-4,9-10H2,1-2H3. The van der Waals surface area contributed by atoms with E-state index in [4.69, 9.17) is 0 Å². The van der Waals surface area contributed by atoms with Crippen LogP contribution in [0.1, 0.15) is 37.8 Å². The maximum atomic E-state index is 3.66. The van der Waals surface area contributed by atoms with Crippen LogP contribution in [0.2, 0.25) is 0 Å². The summed E-state index contributed by atoms with van der Waals surface area (Å²) >= 11 is 0. The van der Waals surface area contributed by atoms with Crippen molar-refractivity contribution < 1.29 is 0 Å². The smallest absolute Gasteiger partial charge is 0.0437 e. The Morgan fingerprint density at radius 2 is 2.07 bits per heavy atom. The van der Waals surface area contributed by atoms with Gasteiger partial charge < -0.3 is 5.32 Å². The molecule has 0 radical (unpaired) electrons. The largest absolute Gasteiger partial charge is 0.308 e. The predicted octanol–water partition coefficient (Wildman–Crippen LogP) is 2.85. The van der Waals surface area contributed by atoms with Gasteiger partial charge in [-0.1, -0.05) is 38.1 Å². The first kappa shape index (κ1) is 9.72. The monoisotopic (exact) mass is 189 g/mol. The van der Waals surface area contributed by atoms with Crippen molar-refractivity contribution in [2.75, 3.05) is 6.54 Å². The number of aryl methyl sites for hydroxylation is 1. The Hall–Kier alpha value is -0.820. The Balaban J connectivity index is 2.39. The molecule has 0 spiro atoms. The predicted molar refractivity (Wildman–Crippen MR) is 60.4 cm³/mol. The molecule has 1 aromatic rings. The van der Waals surface area contributed by atoms with Crippen molar-refractivity contribution in [3.8, 4) is 0 Å². The summed E-state index contributed by atoms with van der Waals surface area (Å²) in [6.07, 6.45) is 3.69. The number of hydrogen-bond donors (Lipinski definition) is 1. The fourth-order valence-corrected chi connectivity index (χ4v) is 2.70. The highest BCUT2D eigenvalue weighted by atomic mass is 15.0. The van der Waals surface area contributed by atoms with Gasteiger partial charge in [-0.3, -0.25) is 0 Å². The average Bonchev–Trinajstić information content (AvgIpc) is 2.59. The molecule has 1 N–H and O–H groups in total. The molecule has 2 rings (SSSR count). The molecule has 1 aliphatic rings. The van der Waals surface area contributed by atoms with E-state index >= 15 is 0 Å². The van der Waals surface area contributed by atoms with Crippen LogP contribution >= 0.6 is 0 Å². The minimum atomic E-state index is 0.269. The lowest BCUT2D eigenvalue weighted by Crippen LogP contribution is -2.39. The lowest BCUT2D eigenvalue weighted by Gasteiger charge is -2.30. The van der Waals surface area contributed by atoms with Crippen LogP contribution < -0.4 is 5.32 Å². The van der Waals surface area contributed by atoms with Gasteiger partial charge in [-0.2, -0.15) is 0 Å². The van der Waals surface area contributed by atoms with E-state index in [0.717, 1.165) is 6.54 Å². The molecule has 1 nitrogen and oxygen atoms in total. The van der Waals surface area contributed by atoms with Crippen molar-refractivity contribution in [3.05, 3.63) is 35.4 Å². The molecule has 1 heteroatoms. The molecule has 0 amide bonds. The molecule has 0 saturated carbocycles. The number of nitrogens with one attached hydrogen (secondary N) is 1. The van der Waals surface area contributed by atoms with Gasteiger partial charge in [-0.25, -0.2) is 0 Å². The van der Waals surface area contributed by atoms with Gasteiger partial charge in [-0.15, -0.1) is 0 Å². The molecule has 0 bridgehead atoms. The molecule has 1 aromatic carbocycles. The number of fused-ring (bicyclic) bond motifs is 1. The Morgan fingerprint density at radius 3 is 2.79 bits per heavy atom. The number of benzene rings is 1. The van der Waals surface area contributed by atoms with Crippen molar-refractivity contribution in [2.45, 2.75) is 38.6 Å². The zero-order chi connectivity index (χ0) is 10.0. The molecule has 0 aromatic heterocycles. The van der Waals surface area contributed by atoms with E-state index in [1.165, 1.54) is 30.4 Å². The summed E-state index contributed by atoms with van der Waals surface area (Å²) in [6.45, 7) is 5.53. The van der Waals surface area contributed by atoms with Gasteiger partial charge in [0.2, 0.25) is 0 Å². The van der Waals surface area contributed by atoms with Gasteiger partial charge in [0.25, 0.3) is 0 Å². The first-order chi connectivity index (χ1) is 6.82. The lowest BCUT2D eigenvalue weighted by atomic mass is 9.89. The number of hydrogen-bond acceptors (Lipinski definition) is 1. The lowest BCUT2D eigenvalue weighted by molar-refractivity contribution is 0.326. The van der Waals surface area contributed by atoms with Gasteiger partial charge in [0, 0.05) is 5.54 Å². The number of rotatable bonds is 3. The average molecular weight is 189 g/mol. The van der Waals surface area contributed by atoms with E-state index in [9.17, 15) is 0 Å². The van der Waals surface area contributed by atoms with Gasteiger partial charge in [0.1, 0.15) is 0 Å². The zero-order valence-electron chi connectivity index (χ0n) is 9.14. The van der Waals surface area contributed by atoms with Crippen LogP contribution in [0.4, 0.5) is 0 Å². The summed E-state index contributed by atoms with van der Waals surface area (Å²) in [4.78, 5) is 0. The van der Waals surface area contributed by atoms with E-state index in [1.54, 1.807) is 0 Å². The molecular formula is C13H19N. The third-order valence-electron chi connectivity index (χ3n) is 3.47. The normalized spacial score (nSPS) is 25.0. The molecule has 1 aliphatic carbocycles. The first-order valence-electron chi connectivity index (χ1n) is 5.66. The highest BCUT2D eigenvalue weighted by molar-refractivity contribution is 5.38. The van der Waals surface area contributed by atoms with Gasteiger partial charge >= 0.3 is 0 Å². The third-order valence-corrected chi connectivity index (χ3v) is 3.47. The molecule has 76 valence electrons. The summed E-state index contributed by atoms with van der Waals surface area (Å²) < 4.78 is 0. The van der Waals surface area contributed by atoms with Gasteiger partial charge in [0.15, 0.2) is 0 Å². The minimum Gasteiger partial charge on any atom is -0.308 e. The van der Waals surface area contributed by atoms with E-state index in [1.807, 2.05) is 0 Å². The SMILES string of the molecule is CCNC1(CC)CCc2ccccc21. The molecule has 0 aliphatic heterocycles. The van der Waals surface area contributed by atoms with Gasteiger partial charge in [0.05, 0.1) is 0 Å². The van der Waals surface area contributed by atoms with Crippen molar-refractivity contribution in [1.29, 1.82) is 0 Å². The molecule has 0 saturated heterocycles. The maximum Gasteiger partial charge on any atom is 0.0437 e.